The van der Waals surface area contributed by atoms with Crippen LogP contribution in [0.4, 0.5) is 13.2 Å². The molecular formula is C11H12F3NO4. The number of carbonyl (C=O) groups excluding carboxylic acids is 1. The van der Waals surface area contributed by atoms with Crippen LogP contribution in [-0.2, 0) is 16.0 Å². The Bertz CT molecular complexity index is 474. The first-order valence-electron chi connectivity index (χ1n) is 5.33. The molecule has 1 heterocycles. The van der Waals surface area contributed by atoms with Gasteiger partial charge in [0, 0.05) is 0 Å². The number of aromatic hydroxyl groups is 1. The van der Waals surface area contributed by atoms with E-state index in [1.807, 2.05) is 0 Å². The Morgan fingerprint density at radius 2 is 2.11 bits per heavy atom. The highest BCUT2D eigenvalue weighted by molar-refractivity contribution is 5.75. The van der Waals surface area contributed by atoms with Crippen molar-refractivity contribution < 1.29 is 32.5 Å². The lowest BCUT2D eigenvalue weighted by Crippen LogP contribution is -2.20. The Morgan fingerprint density at radius 1 is 1.47 bits per heavy atom. The van der Waals surface area contributed by atoms with Crippen molar-refractivity contribution in [1.82, 2.24) is 4.98 Å². The minimum Gasteiger partial charge on any atom is -0.506 e. The minimum absolute atomic E-state index is 0.0825. The zero-order chi connectivity index (χ0) is 14.6. The number of alkyl halides is 3. The van der Waals surface area contributed by atoms with Gasteiger partial charge in [0.15, 0.2) is 5.75 Å². The number of hydrogen-bond acceptors (Lipinski definition) is 5. The van der Waals surface area contributed by atoms with Gasteiger partial charge in [-0.3, -0.25) is 9.78 Å². The molecule has 0 amide bonds. The van der Waals surface area contributed by atoms with E-state index in [0.717, 1.165) is 6.20 Å². The molecule has 0 saturated carbocycles. The van der Waals surface area contributed by atoms with Gasteiger partial charge >= 0.3 is 12.3 Å². The van der Waals surface area contributed by atoms with E-state index >= 15 is 0 Å². The van der Waals surface area contributed by atoms with Crippen LogP contribution in [-0.4, -0.2) is 29.0 Å². The summed E-state index contributed by atoms with van der Waals surface area (Å²) in [6.45, 7) is 2.91. The number of aryl methyl sites for hydroxylation is 1. The van der Waals surface area contributed by atoms with E-state index in [1.165, 1.54) is 6.92 Å². The van der Waals surface area contributed by atoms with E-state index in [0.29, 0.717) is 0 Å². The molecule has 0 unspecified atom stereocenters. The number of carbonyl (C=O) groups is 1. The molecule has 0 radical (unpaired) electrons. The summed E-state index contributed by atoms with van der Waals surface area (Å²) in [5.74, 6) is -2.01. The van der Waals surface area contributed by atoms with Gasteiger partial charge in [-0.25, -0.2) is 0 Å². The van der Waals surface area contributed by atoms with Crippen LogP contribution in [0.2, 0.25) is 0 Å². The fourth-order valence-corrected chi connectivity index (χ4v) is 1.41. The van der Waals surface area contributed by atoms with Gasteiger partial charge in [0.2, 0.25) is 0 Å². The van der Waals surface area contributed by atoms with Gasteiger partial charge in [-0.05, 0) is 13.8 Å². The van der Waals surface area contributed by atoms with Crippen molar-refractivity contribution in [3.63, 3.8) is 0 Å². The van der Waals surface area contributed by atoms with Gasteiger partial charge in [-0.2, -0.15) is 0 Å². The van der Waals surface area contributed by atoms with Gasteiger partial charge in [0.25, 0.3) is 0 Å². The lowest BCUT2D eigenvalue weighted by molar-refractivity contribution is -0.275. The molecule has 1 rings (SSSR count). The van der Waals surface area contributed by atoms with E-state index in [2.05, 4.69) is 14.5 Å². The van der Waals surface area contributed by atoms with Crippen LogP contribution >= 0.6 is 0 Å². The van der Waals surface area contributed by atoms with Crippen molar-refractivity contribution in [2.24, 2.45) is 0 Å². The molecule has 19 heavy (non-hydrogen) atoms. The van der Waals surface area contributed by atoms with Gasteiger partial charge in [-0.1, -0.05) is 0 Å². The van der Waals surface area contributed by atoms with Crippen LogP contribution in [0.25, 0.3) is 0 Å². The number of rotatable bonds is 4. The highest BCUT2D eigenvalue weighted by atomic mass is 19.4. The van der Waals surface area contributed by atoms with Crippen LogP contribution in [0.3, 0.4) is 0 Å². The second-order valence-electron chi connectivity index (χ2n) is 3.57. The van der Waals surface area contributed by atoms with Crippen LogP contribution in [0, 0.1) is 6.92 Å². The van der Waals surface area contributed by atoms with E-state index in [4.69, 9.17) is 0 Å². The second kappa shape index (κ2) is 5.77. The SMILES string of the molecule is CCOC(=O)Cc1c(O)cnc(C)c1OC(F)(F)F. The lowest BCUT2D eigenvalue weighted by Gasteiger charge is -2.15. The molecular weight excluding hydrogens is 267 g/mol. The molecule has 0 aliphatic carbocycles. The number of esters is 1. The zero-order valence-electron chi connectivity index (χ0n) is 10.2. The summed E-state index contributed by atoms with van der Waals surface area (Å²) in [4.78, 5) is 14.9. The van der Waals surface area contributed by atoms with Crippen molar-refractivity contribution in [2.45, 2.75) is 26.6 Å². The fraction of sp³-hybridized carbons (Fsp3) is 0.455. The quantitative estimate of drug-likeness (QED) is 0.855. The van der Waals surface area contributed by atoms with Crippen molar-refractivity contribution in [3.8, 4) is 11.5 Å². The molecule has 5 nitrogen and oxygen atoms in total. The molecule has 0 aliphatic heterocycles. The highest BCUT2D eigenvalue weighted by Gasteiger charge is 2.34. The van der Waals surface area contributed by atoms with Crippen molar-refractivity contribution in [1.29, 1.82) is 0 Å². The standard InChI is InChI=1S/C11H12F3NO4/c1-3-18-9(17)4-7-8(16)5-15-6(2)10(7)19-11(12,13)14/h5,16H,3-4H2,1-2H3. The minimum atomic E-state index is -4.94. The Labute approximate surface area is 107 Å². The topological polar surface area (TPSA) is 68.7 Å². The summed E-state index contributed by atoms with van der Waals surface area (Å²) in [7, 11) is 0. The second-order valence-corrected chi connectivity index (χ2v) is 3.57. The number of nitrogens with zero attached hydrogens (tertiary/aromatic N) is 1. The number of hydrogen-bond donors (Lipinski definition) is 1. The molecule has 0 aromatic carbocycles. The fourth-order valence-electron chi connectivity index (χ4n) is 1.41. The van der Waals surface area contributed by atoms with Gasteiger partial charge in [-0.15, -0.1) is 13.2 Å². The number of aromatic nitrogens is 1. The molecule has 0 fully saturated rings. The predicted molar refractivity (Wildman–Crippen MR) is 57.7 cm³/mol. The van der Waals surface area contributed by atoms with Crippen molar-refractivity contribution in [3.05, 3.63) is 17.5 Å². The molecule has 1 aromatic heterocycles. The van der Waals surface area contributed by atoms with Crippen molar-refractivity contribution in [2.75, 3.05) is 6.61 Å². The number of halogens is 3. The molecule has 1 aromatic rings. The Kier molecular flexibility index (Phi) is 4.57. The van der Waals surface area contributed by atoms with Crippen LogP contribution in [0.1, 0.15) is 18.2 Å². The van der Waals surface area contributed by atoms with E-state index in [1.54, 1.807) is 6.92 Å². The molecule has 0 spiro atoms. The Balaban J connectivity index is 3.13. The van der Waals surface area contributed by atoms with Gasteiger partial charge in [0.05, 0.1) is 30.5 Å². The van der Waals surface area contributed by atoms with Crippen LogP contribution < -0.4 is 4.74 Å². The van der Waals surface area contributed by atoms with E-state index in [-0.39, 0.29) is 17.9 Å². The summed E-state index contributed by atoms with van der Waals surface area (Å²) >= 11 is 0. The first-order chi connectivity index (χ1) is 8.74. The van der Waals surface area contributed by atoms with Gasteiger partial charge in [0.1, 0.15) is 5.75 Å². The maximum Gasteiger partial charge on any atom is 0.573 e. The van der Waals surface area contributed by atoms with Crippen molar-refractivity contribution >= 4 is 5.97 Å². The largest absolute Gasteiger partial charge is 0.573 e. The average molecular weight is 279 g/mol. The average Bonchev–Trinajstić information content (AvgIpc) is 2.27. The molecule has 0 aliphatic rings. The molecule has 0 atom stereocenters. The molecule has 8 heteroatoms. The monoisotopic (exact) mass is 279 g/mol. The normalized spacial score (nSPS) is 11.2. The number of ether oxygens (including phenoxy) is 2. The maximum absolute atomic E-state index is 12.3. The maximum atomic E-state index is 12.3. The molecule has 0 bridgehead atoms. The first-order valence-corrected chi connectivity index (χ1v) is 5.33. The molecule has 106 valence electrons. The zero-order valence-corrected chi connectivity index (χ0v) is 10.2. The Hall–Kier alpha value is -1.99. The summed E-state index contributed by atoms with van der Waals surface area (Å²) in [6, 6.07) is 0. The molecule has 1 N–H and O–H groups in total. The first kappa shape index (κ1) is 15.1. The summed E-state index contributed by atoms with van der Waals surface area (Å²) < 4.78 is 45.2. The Morgan fingerprint density at radius 3 is 2.63 bits per heavy atom. The summed E-state index contributed by atoms with van der Waals surface area (Å²) in [5.41, 5.74) is -0.391. The van der Waals surface area contributed by atoms with Crippen LogP contribution in [0.15, 0.2) is 6.20 Å². The van der Waals surface area contributed by atoms with E-state index in [9.17, 15) is 23.1 Å². The van der Waals surface area contributed by atoms with E-state index < -0.39 is 30.3 Å². The third-order valence-corrected chi connectivity index (χ3v) is 2.14. The summed E-state index contributed by atoms with van der Waals surface area (Å²) in [6.07, 6.45) is -4.52. The van der Waals surface area contributed by atoms with Gasteiger partial charge < -0.3 is 14.6 Å². The molecule has 0 saturated heterocycles. The third kappa shape index (κ3) is 4.31. The summed E-state index contributed by atoms with van der Waals surface area (Å²) in [5, 5.41) is 9.51. The van der Waals surface area contributed by atoms with Crippen LogP contribution in [0.5, 0.6) is 11.5 Å². The smallest absolute Gasteiger partial charge is 0.506 e. The third-order valence-electron chi connectivity index (χ3n) is 2.14. The highest BCUT2D eigenvalue weighted by Crippen LogP contribution is 2.34. The lowest BCUT2D eigenvalue weighted by atomic mass is 10.1. The number of pyridine rings is 1. The predicted octanol–water partition coefficient (Wildman–Crippen LogP) is 2.10.